The molecule has 3 aromatic rings. The number of carbonyl (C=O) groups excluding carboxylic acids is 1. The maximum Gasteiger partial charge on any atom is 0.459 e. The molecular weight excluding hydrogens is 504 g/mol. The molecule has 34 heavy (non-hydrogen) atoms. The molecule has 1 aliphatic rings. The Morgan fingerprint density at radius 3 is 2.29 bits per heavy atom. The van der Waals surface area contributed by atoms with E-state index in [2.05, 4.69) is 15.0 Å². The van der Waals surface area contributed by atoms with Crippen molar-refractivity contribution in [3.8, 4) is 0 Å². The minimum Gasteiger partial charge on any atom is -0.335 e. The summed E-state index contributed by atoms with van der Waals surface area (Å²) in [6.07, 6.45) is -5.82. The van der Waals surface area contributed by atoms with Gasteiger partial charge in [-0.05, 0) is 30.7 Å². The third-order valence-corrected chi connectivity index (χ3v) is 6.24. The average Bonchev–Trinajstić information content (AvgIpc) is 3.18. The second-order valence-corrected chi connectivity index (χ2v) is 8.79. The van der Waals surface area contributed by atoms with E-state index in [-0.39, 0.29) is 17.0 Å². The summed E-state index contributed by atoms with van der Waals surface area (Å²) in [4.78, 5) is 20.4. The molecule has 0 spiro atoms. The van der Waals surface area contributed by atoms with Gasteiger partial charge < -0.3 is 4.90 Å². The van der Waals surface area contributed by atoms with Crippen molar-refractivity contribution in [1.29, 1.82) is 0 Å². The molecule has 1 aliphatic heterocycles. The highest BCUT2D eigenvalue weighted by Gasteiger charge is 2.60. The van der Waals surface area contributed by atoms with Crippen LogP contribution in [0.4, 0.5) is 22.0 Å². The maximum absolute atomic E-state index is 14.1. The van der Waals surface area contributed by atoms with Crippen LogP contribution in [0.3, 0.4) is 0 Å². The third kappa shape index (κ3) is 4.69. The lowest BCUT2D eigenvalue weighted by Gasteiger charge is -2.34. The number of nitrogens with zero attached hydrogens (tertiary/aromatic N) is 5. The molecule has 0 radical (unpaired) electrons. The fourth-order valence-corrected chi connectivity index (χ4v) is 4.06. The van der Waals surface area contributed by atoms with E-state index in [1.165, 1.54) is 11.8 Å². The number of rotatable bonds is 4. The topological polar surface area (TPSA) is 53.7 Å². The average molecular weight is 522 g/mol. The number of benzene rings is 1. The number of fused-ring (bicyclic) bond motifs is 1. The Morgan fingerprint density at radius 1 is 1.00 bits per heavy atom. The van der Waals surface area contributed by atoms with Crippen molar-refractivity contribution in [2.75, 3.05) is 26.2 Å². The number of amides is 1. The smallest absolute Gasteiger partial charge is 0.335 e. The first-order chi connectivity index (χ1) is 15.9. The molecule has 1 saturated heterocycles. The molecule has 0 bridgehead atoms. The van der Waals surface area contributed by atoms with Gasteiger partial charge in [-0.2, -0.15) is 27.1 Å². The van der Waals surface area contributed by atoms with Crippen LogP contribution in [-0.4, -0.2) is 62.7 Å². The molecular formula is C21H18Cl2F5N5O. The van der Waals surface area contributed by atoms with Crippen LogP contribution in [0.2, 0.25) is 10.0 Å². The second-order valence-electron chi connectivity index (χ2n) is 7.97. The number of aryl methyl sites for hydroxylation is 1. The quantitative estimate of drug-likeness (QED) is 0.455. The van der Waals surface area contributed by atoms with Crippen molar-refractivity contribution in [3.05, 3.63) is 63.0 Å². The molecule has 4 rings (SSSR count). The van der Waals surface area contributed by atoms with E-state index < -0.39 is 23.7 Å². The molecule has 1 fully saturated rings. The first-order valence-corrected chi connectivity index (χ1v) is 10.9. The van der Waals surface area contributed by atoms with Gasteiger partial charge in [-0.3, -0.25) is 9.69 Å². The highest BCUT2D eigenvalue weighted by atomic mass is 35.5. The lowest BCUT2D eigenvalue weighted by molar-refractivity contribution is -0.291. The normalized spacial score (nSPS) is 15.8. The van der Waals surface area contributed by atoms with Crippen LogP contribution >= 0.6 is 23.2 Å². The number of hydrogen-bond donors (Lipinski definition) is 0. The zero-order chi connectivity index (χ0) is 24.8. The highest BCUT2D eigenvalue weighted by Crippen LogP contribution is 2.43. The van der Waals surface area contributed by atoms with E-state index in [0.29, 0.717) is 53.4 Å². The van der Waals surface area contributed by atoms with Crippen molar-refractivity contribution in [3.63, 3.8) is 0 Å². The van der Waals surface area contributed by atoms with E-state index in [0.717, 1.165) is 11.6 Å². The third-order valence-electron chi connectivity index (χ3n) is 5.50. The fourth-order valence-electron chi connectivity index (χ4n) is 3.74. The number of carbonyl (C=O) groups is 1. The molecule has 1 amide bonds. The van der Waals surface area contributed by atoms with E-state index in [4.69, 9.17) is 23.2 Å². The summed E-state index contributed by atoms with van der Waals surface area (Å²) >= 11 is 12.0. The monoisotopic (exact) mass is 521 g/mol. The molecule has 13 heteroatoms. The summed E-state index contributed by atoms with van der Waals surface area (Å²) in [6.45, 7) is 3.57. The zero-order valence-electron chi connectivity index (χ0n) is 17.7. The predicted molar refractivity (Wildman–Crippen MR) is 115 cm³/mol. The van der Waals surface area contributed by atoms with Crippen LogP contribution < -0.4 is 0 Å². The van der Waals surface area contributed by atoms with Gasteiger partial charge in [0, 0.05) is 44.5 Å². The van der Waals surface area contributed by atoms with Crippen LogP contribution in [0.25, 0.3) is 5.65 Å². The summed E-state index contributed by atoms with van der Waals surface area (Å²) in [6, 6.07) is 7.05. The van der Waals surface area contributed by atoms with Gasteiger partial charge in [0.1, 0.15) is 5.69 Å². The van der Waals surface area contributed by atoms with Gasteiger partial charge in [-0.1, -0.05) is 29.3 Å². The van der Waals surface area contributed by atoms with Gasteiger partial charge in [-0.25, -0.2) is 9.50 Å². The molecule has 0 saturated carbocycles. The molecule has 1 aromatic carbocycles. The Labute approximate surface area is 200 Å². The largest absolute Gasteiger partial charge is 0.459 e. The number of halogens is 7. The van der Waals surface area contributed by atoms with Gasteiger partial charge >= 0.3 is 12.1 Å². The van der Waals surface area contributed by atoms with Gasteiger partial charge in [-0.15, -0.1) is 0 Å². The highest BCUT2D eigenvalue weighted by molar-refractivity contribution is 6.42. The minimum atomic E-state index is -5.82. The van der Waals surface area contributed by atoms with Crippen LogP contribution in [-0.2, 0) is 12.5 Å². The Balaban J connectivity index is 1.50. The zero-order valence-corrected chi connectivity index (χ0v) is 19.2. The SMILES string of the molecule is Cc1cc(C(F)(F)C(F)(F)F)n2nc(C(=O)N3CCN(Cc4ccc(Cl)c(Cl)c4)CC3)cc2n1. The number of piperazine rings is 1. The van der Waals surface area contributed by atoms with E-state index in [1.54, 1.807) is 12.1 Å². The summed E-state index contributed by atoms with van der Waals surface area (Å²) in [5, 5.41) is 4.65. The minimum absolute atomic E-state index is 0.0544. The van der Waals surface area contributed by atoms with Gasteiger partial charge in [0.05, 0.1) is 10.0 Å². The second kappa shape index (κ2) is 8.94. The number of hydrogen-bond acceptors (Lipinski definition) is 4. The molecule has 0 atom stereocenters. The molecule has 2 aromatic heterocycles. The van der Waals surface area contributed by atoms with Crippen LogP contribution in [0.5, 0.6) is 0 Å². The van der Waals surface area contributed by atoms with Crippen LogP contribution in [0.15, 0.2) is 30.3 Å². The van der Waals surface area contributed by atoms with Gasteiger partial charge in [0.25, 0.3) is 5.91 Å². The Kier molecular flexibility index (Phi) is 6.47. The Hall–Kier alpha value is -2.50. The fraction of sp³-hybridized carbons (Fsp3) is 0.381. The van der Waals surface area contributed by atoms with Crippen molar-refractivity contribution in [1.82, 2.24) is 24.4 Å². The molecule has 0 unspecified atom stereocenters. The van der Waals surface area contributed by atoms with E-state index >= 15 is 0 Å². The summed E-state index contributed by atoms with van der Waals surface area (Å²) < 4.78 is 67.4. The van der Waals surface area contributed by atoms with E-state index in [1.807, 2.05) is 6.07 Å². The molecule has 6 nitrogen and oxygen atoms in total. The Bertz CT molecular complexity index is 1240. The first kappa shape index (κ1) is 24.6. The lowest BCUT2D eigenvalue weighted by atomic mass is 10.2. The Morgan fingerprint density at radius 2 is 1.68 bits per heavy atom. The van der Waals surface area contributed by atoms with Gasteiger partial charge in [0.15, 0.2) is 11.3 Å². The first-order valence-electron chi connectivity index (χ1n) is 10.1. The summed E-state index contributed by atoms with van der Waals surface area (Å²) in [5.41, 5.74) is -1.01. The van der Waals surface area contributed by atoms with Crippen molar-refractivity contribution in [2.45, 2.75) is 25.6 Å². The van der Waals surface area contributed by atoms with Crippen molar-refractivity contribution in [2.24, 2.45) is 0 Å². The van der Waals surface area contributed by atoms with Gasteiger partial charge in [0.2, 0.25) is 0 Å². The lowest BCUT2D eigenvalue weighted by Crippen LogP contribution is -2.48. The molecule has 0 N–H and O–H groups in total. The molecule has 182 valence electrons. The van der Waals surface area contributed by atoms with Crippen molar-refractivity contribution >= 4 is 34.8 Å². The standard InChI is InChI=1S/C21H18Cl2F5N5O/c1-12-8-17(20(24,25)21(26,27)28)33-18(29-12)10-16(30-33)19(34)32-6-4-31(5-7-32)11-13-2-3-14(22)15(23)9-13/h2-3,8-10H,4-7,11H2,1H3. The van der Waals surface area contributed by atoms with E-state index in [9.17, 15) is 26.7 Å². The van der Waals surface area contributed by atoms with Crippen molar-refractivity contribution < 1.29 is 26.7 Å². The van der Waals surface area contributed by atoms with Crippen LogP contribution in [0, 0.1) is 6.92 Å². The summed E-state index contributed by atoms with van der Waals surface area (Å²) in [5.74, 6) is -5.74. The molecule has 3 heterocycles. The predicted octanol–water partition coefficient (Wildman–Crippen LogP) is 4.96. The number of aromatic nitrogens is 3. The number of alkyl halides is 5. The molecule has 0 aliphatic carbocycles. The maximum atomic E-state index is 14.1. The summed E-state index contributed by atoms with van der Waals surface area (Å²) in [7, 11) is 0. The van der Waals surface area contributed by atoms with Crippen LogP contribution in [0.1, 0.15) is 27.4 Å².